The van der Waals surface area contributed by atoms with Crippen molar-refractivity contribution in [1.29, 1.82) is 0 Å². The predicted molar refractivity (Wildman–Crippen MR) is 50.8 cm³/mol. The van der Waals surface area contributed by atoms with Crippen LogP contribution in [0.3, 0.4) is 0 Å². The van der Waals surface area contributed by atoms with Crippen LogP contribution < -0.4 is 0 Å². The van der Waals surface area contributed by atoms with Crippen molar-refractivity contribution in [3.05, 3.63) is 18.2 Å². The Balaban J connectivity index is 2.46. The minimum Gasteiger partial charge on any atom is -0.466 e. The van der Waals surface area contributed by atoms with E-state index in [1.807, 2.05) is 0 Å². The average molecular weight is 214 g/mol. The molecule has 6 nitrogen and oxygen atoms in total. The summed E-state index contributed by atoms with van der Waals surface area (Å²) in [5, 5.41) is 19.1. The highest BCUT2D eigenvalue weighted by molar-refractivity contribution is 5.70. The number of aromatic amines is 1. The second-order valence-electron chi connectivity index (χ2n) is 3.03. The van der Waals surface area contributed by atoms with E-state index in [9.17, 15) is 15.0 Å². The van der Waals surface area contributed by atoms with E-state index in [4.69, 9.17) is 0 Å². The Morgan fingerprint density at radius 3 is 2.93 bits per heavy atom. The molecule has 1 aromatic rings. The van der Waals surface area contributed by atoms with Gasteiger partial charge in [-0.2, -0.15) is 0 Å². The largest absolute Gasteiger partial charge is 0.466 e. The number of ether oxygens (including phenoxy) is 1. The van der Waals surface area contributed by atoms with Crippen molar-refractivity contribution >= 4 is 5.97 Å². The van der Waals surface area contributed by atoms with Crippen LogP contribution in [0.15, 0.2) is 12.5 Å². The number of carbonyl (C=O) groups is 1. The van der Waals surface area contributed by atoms with Crippen LogP contribution in [0.25, 0.3) is 0 Å². The number of hydrogen-bond acceptors (Lipinski definition) is 5. The molecule has 0 radical (unpaired) electrons. The predicted octanol–water partition coefficient (Wildman–Crippen LogP) is -0.243. The summed E-state index contributed by atoms with van der Waals surface area (Å²) in [4.78, 5) is 17.4. The quantitative estimate of drug-likeness (QED) is 0.588. The van der Waals surface area contributed by atoms with Crippen molar-refractivity contribution in [2.45, 2.75) is 25.6 Å². The summed E-state index contributed by atoms with van der Waals surface area (Å²) in [6.07, 6.45) is 0.185. The first-order valence-electron chi connectivity index (χ1n) is 4.65. The van der Waals surface area contributed by atoms with Gasteiger partial charge in [-0.05, 0) is 6.92 Å². The molecule has 6 heteroatoms. The third-order valence-corrected chi connectivity index (χ3v) is 1.88. The van der Waals surface area contributed by atoms with Gasteiger partial charge in [0.05, 0.1) is 37.3 Å². The average Bonchev–Trinajstić information content (AvgIpc) is 2.69. The molecule has 0 aliphatic rings. The van der Waals surface area contributed by atoms with Gasteiger partial charge in [0.2, 0.25) is 0 Å². The molecule has 0 aliphatic carbocycles. The molecule has 1 aromatic heterocycles. The molecular formula is C9H14N2O4. The highest BCUT2D eigenvalue weighted by Gasteiger charge is 2.22. The fourth-order valence-electron chi connectivity index (χ4n) is 1.14. The summed E-state index contributed by atoms with van der Waals surface area (Å²) in [7, 11) is 0. The third-order valence-electron chi connectivity index (χ3n) is 1.88. The lowest BCUT2D eigenvalue weighted by Gasteiger charge is -2.15. The molecule has 1 heterocycles. The number of nitrogens with zero attached hydrogens (tertiary/aromatic N) is 1. The molecular weight excluding hydrogens is 200 g/mol. The topological polar surface area (TPSA) is 95.4 Å². The lowest BCUT2D eigenvalue weighted by atomic mass is 10.1. The maximum Gasteiger partial charge on any atom is 0.308 e. The van der Waals surface area contributed by atoms with E-state index >= 15 is 0 Å². The van der Waals surface area contributed by atoms with E-state index in [1.54, 1.807) is 6.92 Å². The Morgan fingerprint density at radius 1 is 1.67 bits per heavy atom. The number of esters is 1. The number of H-pyrrole nitrogens is 1. The summed E-state index contributed by atoms with van der Waals surface area (Å²) in [6.45, 7) is 1.93. The first-order valence-corrected chi connectivity index (χ1v) is 4.65. The monoisotopic (exact) mass is 214 g/mol. The van der Waals surface area contributed by atoms with Gasteiger partial charge in [0.15, 0.2) is 0 Å². The molecule has 15 heavy (non-hydrogen) atoms. The summed E-state index contributed by atoms with van der Waals surface area (Å²) < 4.78 is 4.64. The van der Waals surface area contributed by atoms with E-state index in [0.29, 0.717) is 5.69 Å². The van der Waals surface area contributed by atoms with Gasteiger partial charge >= 0.3 is 5.97 Å². The summed E-state index contributed by atoms with van der Waals surface area (Å²) in [5.41, 5.74) is 0.367. The minimum absolute atomic E-state index is 0.242. The van der Waals surface area contributed by atoms with Crippen molar-refractivity contribution < 1.29 is 19.7 Å². The first kappa shape index (κ1) is 11.7. The van der Waals surface area contributed by atoms with Crippen LogP contribution in [0.1, 0.15) is 25.1 Å². The normalized spacial score (nSPS) is 14.6. The molecule has 2 unspecified atom stereocenters. The van der Waals surface area contributed by atoms with Gasteiger partial charge in [0.1, 0.15) is 6.10 Å². The number of rotatable bonds is 5. The Morgan fingerprint density at radius 2 is 2.40 bits per heavy atom. The van der Waals surface area contributed by atoms with Crippen LogP contribution in [0.2, 0.25) is 0 Å². The number of aliphatic hydroxyl groups excluding tert-OH is 2. The zero-order valence-electron chi connectivity index (χ0n) is 8.38. The van der Waals surface area contributed by atoms with Crippen LogP contribution in [-0.4, -0.2) is 38.9 Å². The van der Waals surface area contributed by atoms with Gasteiger partial charge in [-0.15, -0.1) is 0 Å². The van der Waals surface area contributed by atoms with Gasteiger partial charge < -0.3 is 19.9 Å². The van der Waals surface area contributed by atoms with Crippen molar-refractivity contribution in [3.8, 4) is 0 Å². The Bertz CT molecular complexity index is 299. The van der Waals surface area contributed by atoms with Crippen LogP contribution >= 0.6 is 0 Å². The van der Waals surface area contributed by atoms with E-state index < -0.39 is 18.2 Å². The molecule has 3 N–H and O–H groups in total. The molecule has 0 fully saturated rings. The lowest BCUT2D eigenvalue weighted by Crippen LogP contribution is -2.23. The molecule has 0 aromatic carbocycles. The second kappa shape index (κ2) is 5.47. The molecule has 0 saturated heterocycles. The zero-order chi connectivity index (χ0) is 11.3. The molecule has 0 spiro atoms. The van der Waals surface area contributed by atoms with E-state index in [0.717, 1.165) is 0 Å². The third kappa shape index (κ3) is 3.34. The smallest absolute Gasteiger partial charge is 0.308 e. The Kier molecular flexibility index (Phi) is 4.26. The number of hydrogen-bond donors (Lipinski definition) is 3. The molecule has 1 rings (SSSR count). The second-order valence-corrected chi connectivity index (χ2v) is 3.03. The van der Waals surface area contributed by atoms with E-state index in [-0.39, 0.29) is 13.0 Å². The van der Waals surface area contributed by atoms with Gasteiger partial charge in [0.25, 0.3) is 0 Å². The van der Waals surface area contributed by atoms with Crippen molar-refractivity contribution in [3.63, 3.8) is 0 Å². The van der Waals surface area contributed by atoms with Gasteiger partial charge in [-0.25, -0.2) is 4.98 Å². The number of carbonyl (C=O) groups excluding carboxylic acids is 1. The first-order chi connectivity index (χ1) is 7.15. The Hall–Kier alpha value is -1.40. The number of aliphatic hydroxyl groups is 2. The SMILES string of the molecule is CCOC(=O)CC(O)C(O)c1cnc[nH]1. The van der Waals surface area contributed by atoms with Gasteiger partial charge in [-0.3, -0.25) is 4.79 Å². The fraction of sp³-hybridized carbons (Fsp3) is 0.556. The maximum absolute atomic E-state index is 11.0. The van der Waals surface area contributed by atoms with Crippen molar-refractivity contribution in [1.82, 2.24) is 9.97 Å². The standard InChI is InChI=1S/C9H14N2O4/c1-2-15-8(13)3-7(12)9(14)6-4-10-5-11-6/h4-5,7,9,12,14H,2-3H2,1H3,(H,10,11). The summed E-state index contributed by atoms with van der Waals surface area (Å²) >= 11 is 0. The molecule has 0 amide bonds. The van der Waals surface area contributed by atoms with E-state index in [2.05, 4.69) is 14.7 Å². The van der Waals surface area contributed by atoms with Crippen molar-refractivity contribution in [2.24, 2.45) is 0 Å². The van der Waals surface area contributed by atoms with Crippen molar-refractivity contribution in [2.75, 3.05) is 6.61 Å². The maximum atomic E-state index is 11.0. The van der Waals surface area contributed by atoms with E-state index in [1.165, 1.54) is 12.5 Å². The molecule has 2 atom stereocenters. The van der Waals surface area contributed by atoms with Gasteiger partial charge in [0, 0.05) is 0 Å². The van der Waals surface area contributed by atoms with Crippen LogP contribution in [0, 0.1) is 0 Å². The zero-order valence-corrected chi connectivity index (χ0v) is 8.38. The fourth-order valence-corrected chi connectivity index (χ4v) is 1.14. The van der Waals surface area contributed by atoms with Crippen LogP contribution in [0.5, 0.6) is 0 Å². The van der Waals surface area contributed by atoms with Crippen LogP contribution in [0.4, 0.5) is 0 Å². The molecule has 84 valence electrons. The van der Waals surface area contributed by atoms with Crippen LogP contribution in [-0.2, 0) is 9.53 Å². The summed E-state index contributed by atoms with van der Waals surface area (Å²) in [6, 6.07) is 0. The number of imidazole rings is 1. The molecule has 0 saturated carbocycles. The molecule has 0 bridgehead atoms. The minimum atomic E-state index is -1.19. The van der Waals surface area contributed by atoms with Gasteiger partial charge in [-0.1, -0.05) is 0 Å². The highest BCUT2D eigenvalue weighted by atomic mass is 16.5. The number of aromatic nitrogens is 2. The number of nitrogens with one attached hydrogen (secondary N) is 1. The summed E-state index contributed by atoms with van der Waals surface area (Å²) in [5.74, 6) is -0.538. The highest BCUT2D eigenvalue weighted by Crippen LogP contribution is 2.16. The molecule has 0 aliphatic heterocycles. The Labute approximate surface area is 86.9 Å². The lowest BCUT2D eigenvalue weighted by molar-refractivity contribution is -0.147.